The van der Waals surface area contributed by atoms with Crippen molar-refractivity contribution in [3.63, 3.8) is 0 Å². The smallest absolute Gasteiger partial charge is 0.253 e. The molecule has 0 saturated carbocycles. The molecule has 36 nitrogen and oxygen atoms in total. The predicted octanol–water partition coefficient (Wildman–Crippen LogP) is -3.05. The number of carbonyl (C=O) groups is 12. The van der Waals surface area contributed by atoms with Crippen LogP contribution >= 0.6 is 21.6 Å². The van der Waals surface area contributed by atoms with E-state index in [0.717, 1.165) is 0 Å². The Morgan fingerprint density at radius 1 is 0.419 bits per heavy atom. The molecule has 6 heterocycles. The van der Waals surface area contributed by atoms with E-state index in [1.807, 2.05) is 0 Å². The topological polar surface area (TPSA) is 562 Å². The van der Waals surface area contributed by atoms with Gasteiger partial charge in [0.1, 0.15) is 42.3 Å². The lowest BCUT2D eigenvalue weighted by Gasteiger charge is -2.28. The van der Waals surface area contributed by atoms with Crippen LogP contribution in [0.5, 0.6) is 0 Å². The molecule has 0 aliphatic carbocycles. The van der Waals surface area contributed by atoms with Crippen LogP contribution in [0.4, 0.5) is 0 Å². The quantitative estimate of drug-likeness (QED) is 0.0176. The standard InChI is InChI=1S/C67H84N24O12S2/c68-66(69)76-20-8-16-45-56(96)88-48(25-37-29-78-43-14-6-4-12-41(37)43)60(100)90-64-63(103)75-23-19-53(93)85-51(28-40-32-73-35-82-40)59(99)87-47(24-36-10-2-1-3-11-36)58(98)86-46(17-9-21-77-67(70)71)57(97)89-49(26-38-30-79-44-15-7-5-13-42(38)44)61(101)91-65(105-104-64)62(102)74-22-18-52(92)84-50(27-39-31-72-34-81-39)55(95)80-33-54(94)83-45/h1-7,10-15,29-32,34-35,45-51,64-65,78-79H,8-9,16-28,33H2,(H,72,81)(H,73,82)(H,74,102)(H,75,103)(H,80,95)(H,83,94)(H,84,92)(H,85,93)(H,86,98)(H,87,99)(H,88,96)(H,89,97)(H,90,100)(H,91,101)(H4,68,69,76)(H4,70,71,77)/t45-,46+,47-,48+,49+,50+,51+,64?,65?/m1/s1. The summed E-state index contributed by atoms with van der Waals surface area (Å²) < 4.78 is 0. The molecule has 24 N–H and O–H groups in total. The van der Waals surface area contributed by atoms with Crippen LogP contribution in [0.25, 0.3) is 21.8 Å². The molecule has 0 radical (unpaired) electrons. The van der Waals surface area contributed by atoms with E-state index in [2.05, 4.69) is 104 Å². The van der Waals surface area contributed by atoms with E-state index in [1.54, 1.807) is 91.3 Å². The average molecular weight is 1480 g/mol. The minimum Gasteiger partial charge on any atom is -0.370 e. The van der Waals surface area contributed by atoms with Crippen LogP contribution in [-0.2, 0) is 89.6 Å². The third-order valence-electron chi connectivity index (χ3n) is 16.9. The van der Waals surface area contributed by atoms with Gasteiger partial charge in [-0.05, 0) is 54.5 Å². The molecule has 3 aromatic carbocycles. The fraction of sp³-hybridized carbons (Fsp3) is 0.373. The Hall–Kier alpha value is -12.0. The van der Waals surface area contributed by atoms with Gasteiger partial charge in [-0.15, -0.1) is 0 Å². The summed E-state index contributed by atoms with van der Waals surface area (Å²) >= 11 is 0. The van der Waals surface area contributed by atoms with Crippen molar-refractivity contribution in [2.45, 2.75) is 124 Å². The second kappa shape index (κ2) is 38.3. The first-order valence-electron chi connectivity index (χ1n) is 33.7. The number of nitrogens with one attached hydrogen (secondary N) is 20. The number of para-hydroxylation sites is 2. The molecule has 105 heavy (non-hydrogen) atoms. The number of hydrogen-bond donors (Lipinski definition) is 22. The van der Waals surface area contributed by atoms with Crippen LogP contribution in [-0.4, -0.2) is 198 Å². The van der Waals surface area contributed by atoms with E-state index >= 15 is 14.4 Å². The van der Waals surface area contributed by atoms with Gasteiger partial charge in [0.05, 0.1) is 30.6 Å². The van der Waals surface area contributed by atoms with E-state index in [0.29, 0.717) is 71.5 Å². The number of H-pyrrole nitrogens is 4. The molecule has 0 spiro atoms. The minimum absolute atomic E-state index is 0.0440. The van der Waals surface area contributed by atoms with Crippen LogP contribution < -0.4 is 85.9 Å². The van der Waals surface area contributed by atoms with Gasteiger partial charge in [0, 0.05) is 118 Å². The van der Waals surface area contributed by atoms with Crippen LogP contribution in [0.3, 0.4) is 0 Å². The number of rotatable bonds is 18. The highest BCUT2D eigenvalue weighted by Crippen LogP contribution is 2.31. The summed E-state index contributed by atoms with van der Waals surface area (Å²) in [5.74, 6) is -11.6. The largest absolute Gasteiger partial charge is 0.370 e. The summed E-state index contributed by atoms with van der Waals surface area (Å²) in [6.45, 7) is -1.53. The van der Waals surface area contributed by atoms with Crippen molar-refractivity contribution in [3.8, 4) is 0 Å². The van der Waals surface area contributed by atoms with Gasteiger partial charge in [0.25, 0.3) is 11.8 Å². The van der Waals surface area contributed by atoms with Crippen molar-refractivity contribution in [1.29, 1.82) is 10.8 Å². The lowest BCUT2D eigenvalue weighted by Crippen LogP contribution is -2.60. The van der Waals surface area contributed by atoms with E-state index in [1.165, 1.54) is 25.0 Å². The van der Waals surface area contributed by atoms with Gasteiger partial charge in [-0.3, -0.25) is 68.4 Å². The molecule has 12 amide bonds. The summed E-state index contributed by atoms with van der Waals surface area (Å²) in [5.41, 5.74) is 14.7. The van der Waals surface area contributed by atoms with Gasteiger partial charge in [-0.1, -0.05) is 88.3 Å². The SMILES string of the molecule is N=C(N)NCCC[C@@H]1NC(=O)[C@@H](Cc2ccccc2)NC(=O)[C@H](Cc2c[nH]cn2)NC(=O)CCNC(=O)C2NC(=O)[C@H](Cc3c[nH]c4ccccc34)NC(=O)[C@@H](CCCNC(=N)N)NC(=O)CNC(=O)[C@H](Cc3c[nH]cn3)NC(=O)CCNC(=O)C(NC(=O)[C@H](Cc3c[nH]c4ccccc34)NC1=O)SS2. The second-order valence-corrected chi connectivity index (χ2v) is 27.2. The average Bonchev–Trinajstić information content (AvgIpc) is 1.79. The fourth-order valence-electron chi connectivity index (χ4n) is 11.5. The zero-order valence-electron chi connectivity index (χ0n) is 56.7. The fourth-order valence-corrected chi connectivity index (χ4v) is 13.9. The van der Waals surface area contributed by atoms with Crippen molar-refractivity contribution >= 4 is 126 Å². The molecular weight excluding hydrogens is 1400 g/mol. The Balaban J connectivity index is 1.12. The number of carbonyl (C=O) groups excluding carboxylic acids is 12. The maximum Gasteiger partial charge on any atom is 0.253 e. The first kappa shape index (κ1) is 77.2. The zero-order chi connectivity index (χ0) is 74.8. The van der Waals surface area contributed by atoms with Gasteiger partial charge in [-0.2, -0.15) is 0 Å². The third-order valence-corrected chi connectivity index (χ3v) is 19.5. The molecule has 9 rings (SSSR count). The monoisotopic (exact) mass is 1480 g/mol. The highest BCUT2D eigenvalue weighted by molar-refractivity contribution is 8.77. The molecule has 7 aromatic rings. The summed E-state index contributed by atoms with van der Waals surface area (Å²) in [6, 6.07) is 12.4. The van der Waals surface area contributed by atoms with Crippen molar-refractivity contribution < 1.29 is 57.5 Å². The van der Waals surface area contributed by atoms with Gasteiger partial charge in [0.2, 0.25) is 59.1 Å². The van der Waals surface area contributed by atoms with Crippen LogP contribution in [0.2, 0.25) is 0 Å². The lowest BCUT2D eigenvalue weighted by molar-refractivity contribution is -0.135. The second-order valence-electron chi connectivity index (χ2n) is 24.7. The minimum atomic E-state index is -1.80. The number of hydrogen-bond acceptors (Lipinski definition) is 18. The summed E-state index contributed by atoms with van der Waals surface area (Å²) in [6.07, 6.45) is 6.79. The molecule has 2 bridgehead atoms. The maximum atomic E-state index is 15.5. The Kier molecular flexibility index (Phi) is 28.2. The number of fused-ring (bicyclic) bond motifs is 5. The van der Waals surface area contributed by atoms with Crippen molar-refractivity contribution in [2.24, 2.45) is 11.5 Å². The molecule has 2 saturated heterocycles. The van der Waals surface area contributed by atoms with Crippen LogP contribution in [0, 0.1) is 10.8 Å². The molecule has 38 heteroatoms. The van der Waals surface area contributed by atoms with Crippen molar-refractivity contribution in [2.75, 3.05) is 32.7 Å². The normalized spacial score (nSPS) is 22.3. The van der Waals surface area contributed by atoms with E-state index in [4.69, 9.17) is 22.3 Å². The number of aromatic amines is 4. The molecule has 2 unspecified atom stereocenters. The first-order chi connectivity index (χ1) is 50.6. The summed E-state index contributed by atoms with van der Waals surface area (Å²) in [7, 11) is 1.07. The molecule has 2 aliphatic rings. The maximum absolute atomic E-state index is 15.5. The molecule has 2 aliphatic heterocycles. The number of benzene rings is 3. The number of amides is 12. The Morgan fingerprint density at radius 2 is 0.810 bits per heavy atom. The Bertz CT molecular complexity index is 4230. The number of nitrogens with zero attached hydrogens (tertiary/aromatic N) is 2. The van der Waals surface area contributed by atoms with Gasteiger partial charge < -0.3 is 106 Å². The van der Waals surface area contributed by atoms with Crippen molar-refractivity contribution in [3.05, 3.63) is 144 Å². The predicted molar refractivity (Wildman–Crippen MR) is 388 cm³/mol. The van der Waals surface area contributed by atoms with Gasteiger partial charge in [0.15, 0.2) is 22.7 Å². The molecule has 2 fully saturated rings. The highest BCUT2D eigenvalue weighted by Gasteiger charge is 2.37. The van der Waals surface area contributed by atoms with Gasteiger partial charge >= 0.3 is 0 Å². The number of nitrogens with two attached hydrogens (primary N) is 2. The van der Waals surface area contributed by atoms with Crippen LogP contribution in [0.15, 0.2) is 116 Å². The third kappa shape index (κ3) is 23.5. The van der Waals surface area contributed by atoms with Gasteiger partial charge in [-0.25, -0.2) is 9.97 Å². The number of aromatic nitrogens is 6. The van der Waals surface area contributed by atoms with E-state index in [9.17, 15) is 43.2 Å². The Morgan fingerprint density at radius 3 is 1.27 bits per heavy atom. The molecule has 556 valence electrons. The highest BCUT2D eigenvalue weighted by atomic mass is 33.1. The lowest BCUT2D eigenvalue weighted by atomic mass is 10.0. The first-order valence-corrected chi connectivity index (χ1v) is 36.0. The number of guanidine groups is 2. The van der Waals surface area contributed by atoms with Crippen LogP contribution in [0.1, 0.15) is 66.6 Å². The molecule has 4 aromatic heterocycles. The summed E-state index contributed by atoms with van der Waals surface area (Å²) in [5, 5.41) is 50.6. The molecule has 9 atom stereocenters. The summed E-state index contributed by atoms with van der Waals surface area (Å²) in [4.78, 5) is 196. The Labute approximate surface area is 608 Å². The van der Waals surface area contributed by atoms with E-state index < -0.39 is 156 Å². The number of imidazole rings is 2. The van der Waals surface area contributed by atoms with Crippen molar-refractivity contribution in [1.82, 2.24) is 104 Å². The van der Waals surface area contributed by atoms with E-state index in [-0.39, 0.29) is 82.8 Å². The zero-order valence-corrected chi connectivity index (χ0v) is 58.4. The molecular formula is C67H84N24O12S2.